The number of cyclic esters (lactones) is 1. The molecule has 0 unspecified atom stereocenters. The van der Waals surface area contributed by atoms with Gasteiger partial charge in [-0.05, 0) is 38.7 Å². The zero-order chi connectivity index (χ0) is 27.6. The minimum absolute atomic E-state index is 0.0788. The quantitative estimate of drug-likeness (QED) is 0.127. The van der Waals surface area contributed by atoms with Crippen LogP contribution in [0.3, 0.4) is 0 Å². The molecule has 0 spiro atoms. The Bertz CT molecular complexity index is 871. The molecule has 0 bridgehead atoms. The number of allylic oxidation sites excluding steroid dienone is 2. The van der Waals surface area contributed by atoms with Crippen LogP contribution in [0.5, 0.6) is 11.5 Å². The van der Waals surface area contributed by atoms with Gasteiger partial charge in [-0.25, -0.2) is 4.79 Å². The van der Waals surface area contributed by atoms with Gasteiger partial charge in [-0.3, -0.25) is 4.79 Å². The number of fused-ring (bicyclic) bond motifs is 1. The van der Waals surface area contributed by atoms with Crippen molar-refractivity contribution < 1.29 is 28.9 Å². The number of esters is 2. The number of phenols is 1. The number of carbonyl (C=O) groups excluding carboxylic acids is 2. The van der Waals surface area contributed by atoms with Gasteiger partial charge in [0.2, 0.25) is 0 Å². The molecule has 1 heterocycles. The van der Waals surface area contributed by atoms with Crippen LogP contribution < -0.4 is 4.74 Å². The third-order valence-electron chi connectivity index (χ3n) is 6.79. The van der Waals surface area contributed by atoms with Gasteiger partial charge in [0.1, 0.15) is 23.7 Å². The van der Waals surface area contributed by atoms with Crippen molar-refractivity contribution in [2.75, 3.05) is 13.7 Å². The first-order valence-electron chi connectivity index (χ1n) is 14.3. The van der Waals surface area contributed by atoms with Crippen molar-refractivity contribution in [1.29, 1.82) is 0 Å². The van der Waals surface area contributed by atoms with Gasteiger partial charge in [-0.15, -0.1) is 0 Å². The Kier molecular flexibility index (Phi) is 16.4. The van der Waals surface area contributed by atoms with Crippen LogP contribution in [0.1, 0.15) is 132 Å². The van der Waals surface area contributed by atoms with Crippen molar-refractivity contribution in [2.24, 2.45) is 0 Å². The fourth-order valence-corrected chi connectivity index (χ4v) is 4.55. The van der Waals surface area contributed by atoms with Gasteiger partial charge in [0.15, 0.2) is 0 Å². The van der Waals surface area contributed by atoms with E-state index in [0.29, 0.717) is 42.7 Å². The fraction of sp³-hybridized carbons (Fsp3) is 0.677. The number of methoxy groups -OCH3 is 1. The van der Waals surface area contributed by atoms with Crippen molar-refractivity contribution in [2.45, 2.75) is 125 Å². The summed E-state index contributed by atoms with van der Waals surface area (Å²) in [6.07, 6.45) is 15.8. The standard InChI is InChI=1S/C29H44O6.C2H6/c1-5-6-7-8-9-10-11-12-13-14-19-34-25(30)18-16-21(2)15-17-23-27(31)26-24(20-35-29(26)32)22(3)28(23)33-4;1-2/h15,31H,5-14,16-20H2,1-4H3;1-2H3/b21-15+;. The second-order valence-electron chi connectivity index (χ2n) is 9.57. The maximum absolute atomic E-state index is 12.1. The lowest BCUT2D eigenvalue weighted by atomic mass is 9.94. The molecule has 1 aromatic carbocycles. The summed E-state index contributed by atoms with van der Waals surface area (Å²) >= 11 is 0. The summed E-state index contributed by atoms with van der Waals surface area (Å²) in [5.41, 5.74) is 3.30. The van der Waals surface area contributed by atoms with Crippen molar-refractivity contribution in [1.82, 2.24) is 0 Å². The Balaban J connectivity index is 0.00000334. The largest absolute Gasteiger partial charge is 0.507 e. The zero-order valence-electron chi connectivity index (χ0n) is 24.2. The van der Waals surface area contributed by atoms with E-state index in [9.17, 15) is 14.7 Å². The smallest absolute Gasteiger partial charge is 0.342 e. The highest BCUT2D eigenvalue weighted by Crippen LogP contribution is 2.42. The molecule has 6 nitrogen and oxygen atoms in total. The van der Waals surface area contributed by atoms with E-state index in [2.05, 4.69) is 6.92 Å². The lowest BCUT2D eigenvalue weighted by Gasteiger charge is -2.15. The monoisotopic (exact) mass is 518 g/mol. The predicted molar refractivity (Wildman–Crippen MR) is 149 cm³/mol. The Labute approximate surface area is 224 Å². The van der Waals surface area contributed by atoms with E-state index < -0.39 is 5.97 Å². The molecule has 1 aliphatic rings. The molecule has 6 heteroatoms. The molecule has 1 aliphatic heterocycles. The summed E-state index contributed by atoms with van der Waals surface area (Å²) in [5.74, 6) is -0.190. The van der Waals surface area contributed by atoms with Gasteiger partial charge in [-0.1, -0.05) is 90.2 Å². The summed E-state index contributed by atoms with van der Waals surface area (Å²) in [6.45, 7) is 10.7. The van der Waals surface area contributed by atoms with E-state index >= 15 is 0 Å². The van der Waals surface area contributed by atoms with Crippen LogP contribution in [-0.2, 0) is 27.3 Å². The second kappa shape index (κ2) is 18.7. The number of rotatable bonds is 17. The van der Waals surface area contributed by atoms with Crippen LogP contribution in [0.4, 0.5) is 0 Å². The SMILES string of the molecule is CC.CCCCCCCCCCCCOC(=O)CC/C(C)=C/Cc1c(O)c2c(c(C)c1OC)COC2=O. The predicted octanol–water partition coefficient (Wildman–Crippen LogP) is 8.14. The van der Waals surface area contributed by atoms with Crippen LogP contribution in [0.25, 0.3) is 0 Å². The Morgan fingerprint density at radius 2 is 1.59 bits per heavy atom. The number of carbonyl (C=O) groups is 2. The van der Waals surface area contributed by atoms with E-state index in [-0.39, 0.29) is 23.9 Å². The van der Waals surface area contributed by atoms with Gasteiger partial charge in [-0.2, -0.15) is 0 Å². The minimum Gasteiger partial charge on any atom is -0.507 e. The molecular formula is C31H50O6. The fourth-order valence-electron chi connectivity index (χ4n) is 4.55. The van der Waals surface area contributed by atoms with E-state index in [0.717, 1.165) is 24.0 Å². The lowest BCUT2D eigenvalue weighted by molar-refractivity contribution is -0.143. The number of ether oxygens (including phenoxy) is 3. The molecule has 0 saturated heterocycles. The molecule has 0 aliphatic carbocycles. The molecule has 0 atom stereocenters. The summed E-state index contributed by atoms with van der Waals surface area (Å²) < 4.78 is 16.0. The number of hydrogen-bond acceptors (Lipinski definition) is 6. The normalized spacial score (nSPS) is 12.5. The Morgan fingerprint density at radius 3 is 2.19 bits per heavy atom. The zero-order valence-corrected chi connectivity index (χ0v) is 24.2. The third-order valence-corrected chi connectivity index (χ3v) is 6.79. The molecule has 0 radical (unpaired) electrons. The minimum atomic E-state index is -0.504. The molecule has 0 saturated carbocycles. The second-order valence-corrected chi connectivity index (χ2v) is 9.57. The average Bonchev–Trinajstić information content (AvgIpc) is 3.30. The van der Waals surface area contributed by atoms with Crippen LogP contribution in [0.2, 0.25) is 0 Å². The number of aromatic hydroxyl groups is 1. The summed E-state index contributed by atoms with van der Waals surface area (Å²) in [7, 11) is 1.55. The first kappa shape index (κ1) is 32.5. The number of hydrogen-bond donors (Lipinski definition) is 1. The highest BCUT2D eigenvalue weighted by molar-refractivity contribution is 5.98. The first-order valence-corrected chi connectivity index (χ1v) is 14.3. The van der Waals surface area contributed by atoms with Crippen molar-refractivity contribution in [3.05, 3.63) is 33.9 Å². The average molecular weight is 519 g/mol. The summed E-state index contributed by atoms with van der Waals surface area (Å²) in [4.78, 5) is 24.1. The van der Waals surface area contributed by atoms with Gasteiger partial charge in [0.05, 0.1) is 13.7 Å². The summed E-state index contributed by atoms with van der Waals surface area (Å²) in [6, 6.07) is 0. The highest BCUT2D eigenvalue weighted by atomic mass is 16.5. The number of phenolic OH excluding ortho intramolecular Hbond substituents is 1. The molecule has 1 aromatic rings. The van der Waals surface area contributed by atoms with Gasteiger partial charge in [0, 0.05) is 17.5 Å². The van der Waals surface area contributed by atoms with Crippen LogP contribution in [-0.4, -0.2) is 30.8 Å². The topological polar surface area (TPSA) is 82.1 Å². The van der Waals surface area contributed by atoms with Crippen LogP contribution in [0.15, 0.2) is 11.6 Å². The molecule has 37 heavy (non-hydrogen) atoms. The van der Waals surface area contributed by atoms with Crippen molar-refractivity contribution in [3.8, 4) is 11.5 Å². The Morgan fingerprint density at radius 1 is 1.00 bits per heavy atom. The van der Waals surface area contributed by atoms with Gasteiger partial charge >= 0.3 is 11.9 Å². The molecule has 0 amide bonds. The first-order chi connectivity index (χ1) is 17.9. The molecule has 1 N–H and O–H groups in total. The molecular weight excluding hydrogens is 468 g/mol. The highest BCUT2D eigenvalue weighted by Gasteiger charge is 2.31. The molecule has 2 rings (SSSR count). The van der Waals surface area contributed by atoms with Gasteiger partial charge < -0.3 is 19.3 Å². The molecule has 210 valence electrons. The van der Waals surface area contributed by atoms with Crippen LogP contribution >= 0.6 is 0 Å². The van der Waals surface area contributed by atoms with E-state index in [1.165, 1.54) is 51.4 Å². The van der Waals surface area contributed by atoms with Crippen molar-refractivity contribution in [3.63, 3.8) is 0 Å². The van der Waals surface area contributed by atoms with E-state index in [4.69, 9.17) is 14.2 Å². The van der Waals surface area contributed by atoms with E-state index in [1.54, 1.807) is 7.11 Å². The maximum atomic E-state index is 12.1. The third kappa shape index (κ3) is 10.8. The van der Waals surface area contributed by atoms with E-state index in [1.807, 2.05) is 33.8 Å². The molecule has 0 fully saturated rings. The lowest BCUT2D eigenvalue weighted by Crippen LogP contribution is -2.06. The number of unbranched alkanes of at least 4 members (excludes halogenated alkanes) is 9. The number of benzene rings is 1. The van der Waals surface area contributed by atoms with Crippen LogP contribution in [0, 0.1) is 6.92 Å². The summed E-state index contributed by atoms with van der Waals surface area (Å²) in [5, 5.41) is 10.7. The van der Waals surface area contributed by atoms with Crippen molar-refractivity contribution >= 4 is 11.9 Å². The van der Waals surface area contributed by atoms with Gasteiger partial charge in [0.25, 0.3) is 0 Å². The Hall–Kier alpha value is -2.50. The maximum Gasteiger partial charge on any atom is 0.342 e. The molecule has 0 aromatic heterocycles.